The van der Waals surface area contributed by atoms with Crippen molar-refractivity contribution in [3.05, 3.63) is 29.8 Å². The second-order valence-corrected chi connectivity index (χ2v) is 8.33. The van der Waals surface area contributed by atoms with Crippen LogP contribution in [0, 0.1) is 0 Å². The summed E-state index contributed by atoms with van der Waals surface area (Å²) < 4.78 is 33.0. The first-order valence-electron chi connectivity index (χ1n) is 8.31. The lowest BCUT2D eigenvalue weighted by molar-refractivity contribution is 0.298. The van der Waals surface area contributed by atoms with Gasteiger partial charge in [-0.2, -0.15) is 0 Å². The summed E-state index contributed by atoms with van der Waals surface area (Å²) in [6, 6.07) is 7.86. The molecule has 0 heterocycles. The number of rotatable bonds is 8. The highest BCUT2D eigenvalue weighted by Gasteiger charge is 2.29. The van der Waals surface area contributed by atoms with E-state index in [1.165, 1.54) is 0 Å². The van der Waals surface area contributed by atoms with E-state index < -0.39 is 10.0 Å². The molecule has 0 radical (unpaired) electrons. The predicted octanol–water partition coefficient (Wildman–Crippen LogP) is 2.55. The fourth-order valence-corrected chi connectivity index (χ4v) is 4.64. The van der Waals surface area contributed by atoms with Gasteiger partial charge in [-0.25, -0.2) is 13.1 Å². The maximum atomic E-state index is 12.4. The number of hydrogen-bond donors (Lipinski definition) is 1. The van der Waals surface area contributed by atoms with Crippen LogP contribution in [0.3, 0.4) is 0 Å². The van der Waals surface area contributed by atoms with Crippen LogP contribution >= 0.6 is 0 Å². The van der Waals surface area contributed by atoms with Gasteiger partial charge in [0.1, 0.15) is 5.75 Å². The molecule has 1 aliphatic rings. The number of benzene rings is 1. The second-order valence-electron chi connectivity index (χ2n) is 6.28. The fourth-order valence-electron chi connectivity index (χ4n) is 3.06. The summed E-state index contributed by atoms with van der Waals surface area (Å²) in [4.78, 5) is 2.03. The van der Waals surface area contributed by atoms with Gasteiger partial charge in [-0.1, -0.05) is 25.0 Å². The smallest absolute Gasteiger partial charge is 0.214 e. The third-order valence-corrected chi connectivity index (χ3v) is 6.34. The van der Waals surface area contributed by atoms with E-state index in [4.69, 9.17) is 4.74 Å². The Morgan fingerprint density at radius 1 is 1.22 bits per heavy atom. The predicted molar refractivity (Wildman–Crippen MR) is 93.2 cm³/mol. The van der Waals surface area contributed by atoms with Crippen LogP contribution in [0.5, 0.6) is 5.75 Å². The van der Waals surface area contributed by atoms with E-state index in [9.17, 15) is 8.42 Å². The van der Waals surface area contributed by atoms with Crippen molar-refractivity contribution in [3.63, 3.8) is 0 Å². The zero-order chi connectivity index (χ0) is 16.9. The van der Waals surface area contributed by atoms with Gasteiger partial charge in [0, 0.05) is 12.6 Å². The molecular formula is C17H28N2O3S. The Morgan fingerprint density at radius 3 is 2.35 bits per heavy atom. The van der Waals surface area contributed by atoms with E-state index in [-0.39, 0.29) is 11.3 Å². The largest absolute Gasteiger partial charge is 0.494 e. The van der Waals surface area contributed by atoms with Gasteiger partial charge >= 0.3 is 0 Å². The number of sulfonamides is 1. The summed E-state index contributed by atoms with van der Waals surface area (Å²) in [5, 5.41) is -0.217. The lowest BCUT2D eigenvalue weighted by atomic mass is 10.1. The number of nitrogens with one attached hydrogen (secondary N) is 1. The Kier molecular flexibility index (Phi) is 6.44. The first-order valence-corrected chi connectivity index (χ1v) is 9.86. The van der Waals surface area contributed by atoms with Gasteiger partial charge in [0.15, 0.2) is 0 Å². The number of ether oxygens (including phenoxy) is 1. The summed E-state index contributed by atoms with van der Waals surface area (Å²) in [5.74, 6) is 0.834. The molecular weight excluding hydrogens is 312 g/mol. The van der Waals surface area contributed by atoms with E-state index in [0.29, 0.717) is 13.2 Å². The molecule has 1 aromatic carbocycles. The van der Waals surface area contributed by atoms with Crippen molar-refractivity contribution < 1.29 is 13.2 Å². The Bertz CT molecular complexity index is 578. The lowest BCUT2D eigenvalue weighted by Gasteiger charge is -2.26. The minimum Gasteiger partial charge on any atom is -0.494 e. The van der Waals surface area contributed by atoms with Gasteiger partial charge < -0.3 is 9.64 Å². The molecule has 1 unspecified atom stereocenters. The first-order chi connectivity index (χ1) is 10.9. The monoisotopic (exact) mass is 340 g/mol. The van der Waals surface area contributed by atoms with Crippen LogP contribution < -0.4 is 9.46 Å². The first kappa shape index (κ1) is 18.2. The SMILES string of the molecule is CCOc1ccc(C(CNS(=O)(=O)C2CCCC2)N(C)C)cc1. The van der Waals surface area contributed by atoms with Crippen LogP contribution in [-0.2, 0) is 10.0 Å². The van der Waals surface area contributed by atoms with E-state index in [2.05, 4.69) is 4.72 Å². The molecule has 1 atom stereocenters. The Hall–Kier alpha value is -1.11. The average molecular weight is 340 g/mol. The molecule has 0 spiro atoms. The Balaban J connectivity index is 2.03. The summed E-state index contributed by atoms with van der Waals surface area (Å²) in [6.45, 7) is 2.98. The molecule has 5 nitrogen and oxygen atoms in total. The standard InChI is InChI=1S/C17H28N2O3S/c1-4-22-15-11-9-14(10-12-15)17(19(2)3)13-18-23(20,21)16-7-5-6-8-16/h9-12,16-18H,4-8,13H2,1-3H3. The topological polar surface area (TPSA) is 58.6 Å². The quantitative estimate of drug-likeness (QED) is 0.790. The van der Waals surface area contributed by atoms with Crippen LogP contribution in [0.2, 0.25) is 0 Å². The number of nitrogens with zero attached hydrogens (tertiary/aromatic N) is 1. The molecule has 1 saturated carbocycles. The van der Waals surface area contributed by atoms with Crippen molar-refractivity contribution in [1.82, 2.24) is 9.62 Å². The molecule has 0 saturated heterocycles. The second kappa shape index (κ2) is 8.13. The zero-order valence-electron chi connectivity index (χ0n) is 14.3. The third kappa shape index (κ3) is 4.93. The van der Waals surface area contributed by atoms with Crippen molar-refractivity contribution in [2.75, 3.05) is 27.2 Å². The van der Waals surface area contributed by atoms with Crippen LogP contribution in [0.15, 0.2) is 24.3 Å². The summed E-state index contributed by atoms with van der Waals surface area (Å²) in [7, 11) is 0.712. The van der Waals surface area contributed by atoms with Gasteiger partial charge in [0.05, 0.1) is 11.9 Å². The summed E-state index contributed by atoms with van der Waals surface area (Å²) in [5.41, 5.74) is 1.08. The molecule has 0 aliphatic heterocycles. The molecule has 23 heavy (non-hydrogen) atoms. The number of hydrogen-bond acceptors (Lipinski definition) is 4. The van der Waals surface area contributed by atoms with E-state index in [1.54, 1.807) is 0 Å². The van der Waals surface area contributed by atoms with Crippen molar-refractivity contribution in [3.8, 4) is 5.75 Å². The average Bonchev–Trinajstić information content (AvgIpc) is 3.04. The molecule has 1 fully saturated rings. The summed E-state index contributed by atoms with van der Waals surface area (Å²) >= 11 is 0. The Morgan fingerprint density at radius 2 is 1.83 bits per heavy atom. The van der Waals surface area contributed by atoms with Crippen LogP contribution in [0.1, 0.15) is 44.2 Å². The van der Waals surface area contributed by atoms with Gasteiger partial charge in [0.2, 0.25) is 10.0 Å². The molecule has 1 aromatic rings. The minimum absolute atomic E-state index is 0.00172. The van der Waals surface area contributed by atoms with E-state index in [1.807, 2.05) is 50.2 Å². The molecule has 6 heteroatoms. The Labute approximate surface area is 140 Å². The van der Waals surface area contributed by atoms with Crippen LogP contribution in [0.25, 0.3) is 0 Å². The van der Waals surface area contributed by atoms with Gasteiger partial charge in [-0.3, -0.25) is 0 Å². The van der Waals surface area contributed by atoms with E-state index >= 15 is 0 Å². The molecule has 1 N–H and O–H groups in total. The van der Waals surface area contributed by atoms with Crippen LogP contribution in [-0.4, -0.2) is 45.8 Å². The van der Waals surface area contributed by atoms with Crippen molar-refractivity contribution >= 4 is 10.0 Å². The molecule has 130 valence electrons. The van der Waals surface area contributed by atoms with E-state index in [0.717, 1.165) is 37.0 Å². The molecule has 0 aromatic heterocycles. The summed E-state index contributed by atoms with van der Waals surface area (Å²) in [6.07, 6.45) is 3.60. The highest BCUT2D eigenvalue weighted by molar-refractivity contribution is 7.90. The highest BCUT2D eigenvalue weighted by atomic mass is 32.2. The van der Waals surface area contributed by atoms with Gasteiger partial charge in [0.25, 0.3) is 0 Å². The zero-order valence-corrected chi connectivity index (χ0v) is 15.1. The van der Waals surface area contributed by atoms with Crippen molar-refractivity contribution in [2.24, 2.45) is 0 Å². The number of likely N-dealkylation sites (N-methyl/N-ethyl adjacent to an activating group) is 1. The molecule has 1 aliphatic carbocycles. The van der Waals surface area contributed by atoms with Crippen molar-refractivity contribution in [1.29, 1.82) is 0 Å². The molecule has 2 rings (SSSR count). The van der Waals surface area contributed by atoms with Gasteiger partial charge in [-0.15, -0.1) is 0 Å². The normalized spacial score (nSPS) is 17.6. The fraction of sp³-hybridized carbons (Fsp3) is 0.647. The maximum absolute atomic E-state index is 12.4. The third-order valence-electron chi connectivity index (χ3n) is 4.42. The molecule has 0 bridgehead atoms. The van der Waals surface area contributed by atoms with Gasteiger partial charge in [-0.05, 0) is 51.6 Å². The maximum Gasteiger partial charge on any atom is 0.214 e. The lowest BCUT2D eigenvalue weighted by Crippen LogP contribution is -2.38. The van der Waals surface area contributed by atoms with Crippen molar-refractivity contribution in [2.45, 2.75) is 43.9 Å². The highest BCUT2D eigenvalue weighted by Crippen LogP contribution is 2.25. The van der Waals surface area contributed by atoms with Crippen LogP contribution in [0.4, 0.5) is 0 Å². The minimum atomic E-state index is -3.21. The molecule has 0 amide bonds.